The molecule has 0 fully saturated rings. The molecule has 5 heteroatoms. The zero-order valence-corrected chi connectivity index (χ0v) is 13.7. The van der Waals surface area contributed by atoms with E-state index in [2.05, 4.69) is 4.90 Å². The number of aromatic nitrogens is 2. The smallest absolute Gasteiger partial charge is 0.326 e. The SMILES string of the molecule is COc1cc(C)c(-[n+]2ccccc2)c(=O)n1CCCN(C)C. The number of hydrogen-bond acceptors (Lipinski definition) is 3. The third kappa shape index (κ3) is 3.54. The molecule has 2 heterocycles. The van der Waals surface area contributed by atoms with Crippen molar-refractivity contribution in [2.24, 2.45) is 0 Å². The fraction of sp³-hybridized carbons (Fsp3) is 0.412. The Bertz CT molecular complexity index is 678. The summed E-state index contributed by atoms with van der Waals surface area (Å²) in [4.78, 5) is 15.0. The van der Waals surface area contributed by atoms with Crippen LogP contribution >= 0.6 is 0 Å². The van der Waals surface area contributed by atoms with Gasteiger partial charge >= 0.3 is 5.56 Å². The number of pyridine rings is 2. The molecule has 0 aromatic carbocycles. The molecular formula is C17H24N3O2+. The minimum atomic E-state index is -0.0215. The van der Waals surface area contributed by atoms with Gasteiger partial charge in [-0.3, -0.25) is 9.36 Å². The summed E-state index contributed by atoms with van der Waals surface area (Å²) in [6.45, 7) is 3.50. The summed E-state index contributed by atoms with van der Waals surface area (Å²) in [6.07, 6.45) is 4.67. The molecule has 5 nitrogen and oxygen atoms in total. The van der Waals surface area contributed by atoms with Gasteiger partial charge in [0.05, 0.1) is 7.11 Å². The van der Waals surface area contributed by atoms with Gasteiger partial charge in [-0.1, -0.05) is 6.07 Å². The predicted octanol–water partition coefficient (Wildman–Crippen LogP) is 1.39. The molecule has 0 saturated carbocycles. The van der Waals surface area contributed by atoms with Crippen LogP contribution in [-0.2, 0) is 6.54 Å². The van der Waals surface area contributed by atoms with Gasteiger partial charge in [-0.25, -0.2) is 0 Å². The average Bonchev–Trinajstić information content (AvgIpc) is 2.50. The second-order valence-electron chi connectivity index (χ2n) is 5.61. The molecule has 2 aromatic heterocycles. The van der Waals surface area contributed by atoms with Gasteiger partial charge in [-0.2, -0.15) is 4.57 Å². The first-order chi connectivity index (χ1) is 10.5. The molecular weight excluding hydrogens is 278 g/mol. The van der Waals surface area contributed by atoms with Crippen LogP contribution in [0.2, 0.25) is 0 Å². The standard InChI is InChI=1S/C17H24N3O2/c1-14-13-15(22-4)20(12-8-9-18(2)3)17(21)16(14)19-10-6-5-7-11-19/h5-7,10-11,13H,8-9,12H2,1-4H3/q+1. The maximum atomic E-state index is 12.9. The highest BCUT2D eigenvalue weighted by molar-refractivity contribution is 5.35. The molecule has 0 unspecified atom stereocenters. The summed E-state index contributed by atoms with van der Waals surface area (Å²) in [5, 5.41) is 0. The molecule has 0 aliphatic heterocycles. The van der Waals surface area contributed by atoms with E-state index in [-0.39, 0.29) is 5.56 Å². The van der Waals surface area contributed by atoms with E-state index in [1.165, 1.54) is 0 Å². The second kappa shape index (κ2) is 7.22. The molecule has 22 heavy (non-hydrogen) atoms. The fourth-order valence-corrected chi connectivity index (χ4v) is 2.52. The molecule has 0 spiro atoms. The van der Waals surface area contributed by atoms with Gasteiger partial charge in [-0.05, 0) is 34.0 Å². The van der Waals surface area contributed by atoms with Crippen molar-refractivity contribution >= 4 is 0 Å². The zero-order chi connectivity index (χ0) is 16.1. The van der Waals surface area contributed by atoms with Crippen LogP contribution in [0.3, 0.4) is 0 Å². The number of ether oxygens (including phenoxy) is 1. The topological polar surface area (TPSA) is 38.4 Å². The lowest BCUT2D eigenvalue weighted by molar-refractivity contribution is -0.597. The number of rotatable bonds is 6. The van der Waals surface area contributed by atoms with E-state index < -0.39 is 0 Å². The Morgan fingerprint density at radius 3 is 2.50 bits per heavy atom. The third-order valence-corrected chi connectivity index (χ3v) is 3.60. The minimum absolute atomic E-state index is 0.0215. The monoisotopic (exact) mass is 302 g/mol. The number of hydrogen-bond donors (Lipinski definition) is 0. The molecule has 0 aliphatic carbocycles. The Hall–Kier alpha value is -2.14. The van der Waals surface area contributed by atoms with E-state index in [0.717, 1.165) is 18.5 Å². The normalized spacial score (nSPS) is 11.0. The lowest BCUT2D eigenvalue weighted by Gasteiger charge is -2.14. The molecule has 0 saturated heterocycles. The van der Waals surface area contributed by atoms with Gasteiger partial charge in [0.1, 0.15) is 0 Å². The molecule has 118 valence electrons. The van der Waals surface area contributed by atoms with E-state index >= 15 is 0 Å². The molecule has 0 amide bonds. The summed E-state index contributed by atoms with van der Waals surface area (Å²) in [5.41, 5.74) is 1.56. The summed E-state index contributed by atoms with van der Waals surface area (Å²) < 4.78 is 8.97. The van der Waals surface area contributed by atoms with Gasteiger partial charge in [-0.15, -0.1) is 0 Å². The molecule has 0 atom stereocenters. The minimum Gasteiger partial charge on any atom is -0.482 e. The van der Waals surface area contributed by atoms with Crippen molar-refractivity contribution in [3.63, 3.8) is 0 Å². The van der Waals surface area contributed by atoms with Crippen molar-refractivity contribution < 1.29 is 9.30 Å². The van der Waals surface area contributed by atoms with Gasteiger partial charge in [0.2, 0.25) is 0 Å². The van der Waals surface area contributed by atoms with E-state index in [4.69, 9.17) is 4.74 Å². The highest BCUT2D eigenvalue weighted by Gasteiger charge is 2.20. The first-order valence-corrected chi connectivity index (χ1v) is 7.44. The van der Waals surface area contributed by atoms with Crippen molar-refractivity contribution in [1.29, 1.82) is 0 Å². The van der Waals surface area contributed by atoms with Crippen molar-refractivity contribution in [2.75, 3.05) is 27.7 Å². The summed E-state index contributed by atoms with van der Waals surface area (Å²) in [7, 11) is 5.66. The third-order valence-electron chi connectivity index (χ3n) is 3.60. The van der Waals surface area contributed by atoms with Gasteiger partial charge in [0, 0.05) is 30.3 Å². The predicted molar refractivity (Wildman–Crippen MR) is 86.7 cm³/mol. The molecule has 2 rings (SSSR count). The van der Waals surface area contributed by atoms with Gasteiger partial charge in [0.25, 0.3) is 5.69 Å². The summed E-state index contributed by atoms with van der Waals surface area (Å²) in [6, 6.07) is 7.69. The highest BCUT2D eigenvalue weighted by atomic mass is 16.5. The molecule has 0 N–H and O–H groups in total. The van der Waals surface area contributed by atoms with Gasteiger partial charge in [0.15, 0.2) is 18.3 Å². The summed E-state index contributed by atoms with van der Waals surface area (Å²) in [5.74, 6) is 0.613. The Morgan fingerprint density at radius 2 is 1.91 bits per heavy atom. The highest BCUT2D eigenvalue weighted by Crippen LogP contribution is 2.14. The number of nitrogens with zero attached hydrogens (tertiary/aromatic N) is 3. The van der Waals surface area contributed by atoms with Crippen LogP contribution in [0.1, 0.15) is 12.0 Å². The largest absolute Gasteiger partial charge is 0.482 e. The van der Waals surface area contributed by atoms with E-state index in [0.29, 0.717) is 18.1 Å². The van der Waals surface area contributed by atoms with Crippen molar-refractivity contribution in [3.8, 4) is 11.6 Å². The van der Waals surface area contributed by atoms with Crippen LogP contribution in [-0.4, -0.2) is 37.2 Å². The number of methoxy groups -OCH3 is 1. The summed E-state index contributed by atoms with van der Waals surface area (Å²) >= 11 is 0. The zero-order valence-electron chi connectivity index (χ0n) is 13.7. The maximum Gasteiger partial charge on any atom is 0.326 e. The Labute approximate surface area is 131 Å². The van der Waals surface area contributed by atoms with E-state index in [9.17, 15) is 4.79 Å². The van der Waals surface area contributed by atoms with Crippen LogP contribution < -0.4 is 14.9 Å². The molecule has 2 aromatic rings. The average molecular weight is 302 g/mol. The Kier molecular flexibility index (Phi) is 5.33. The van der Waals surface area contributed by atoms with E-state index in [1.54, 1.807) is 11.7 Å². The van der Waals surface area contributed by atoms with Crippen molar-refractivity contribution in [3.05, 3.63) is 52.6 Å². The van der Waals surface area contributed by atoms with Crippen LogP contribution in [0, 0.1) is 6.92 Å². The van der Waals surface area contributed by atoms with Crippen LogP contribution in [0.5, 0.6) is 5.88 Å². The lowest BCUT2D eigenvalue weighted by atomic mass is 10.2. The fourth-order valence-electron chi connectivity index (χ4n) is 2.52. The lowest BCUT2D eigenvalue weighted by Crippen LogP contribution is -2.40. The first kappa shape index (κ1) is 16.2. The second-order valence-corrected chi connectivity index (χ2v) is 5.61. The van der Waals surface area contributed by atoms with Crippen molar-refractivity contribution in [2.45, 2.75) is 19.9 Å². The Morgan fingerprint density at radius 1 is 1.23 bits per heavy atom. The van der Waals surface area contributed by atoms with Crippen LogP contribution in [0.25, 0.3) is 5.69 Å². The van der Waals surface area contributed by atoms with Gasteiger partial charge < -0.3 is 9.64 Å². The van der Waals surface area contributed by atoms with Crippen LogP contribution in [0.15, 0.2) is 41.5 Å². The van der Waals surface area contributed by atoms with E-state index in [1.807, 2.05) is 62.2 Å². The van der Waals surface area contributed by atoms with Crippen LogP contribution in [0.4, 0.5) is 0 Å². The number of aryl methyl sites for hydroxylation is 1. The quantitative estimate of drug-likeness (QED) is 0.757. The van der Waals surface area contributed by atoms with Crippen molar-refractivity contribution in [1.82, 2.24) is 9.47 Å². The molecule has 0 aliphatic rings. The first-order valence-electron chi connectivity index (χ1n) is 7.44. The molecule has 0 bridgehead atoms. The molecule has 0 radical (unpaired) electrons. The maximum absolute atomic E-state index is 12.9. The Balaban J connectivity index is 2.46.